The summed E-state index contributed by atoms with van der Waals surface area (Å²) in [6.45, 7) is 2.65. The zero-order valence-corrected chi connectivity index (χ0v) is 6.56. The van der Waals surface area contributed by atoms with Gasteiger partial charge in [0.2, 0.25) is 0 Å². The highest BCUT2D eigenvalue weighted by Crippen LogP contribution is 1.90. The van der Waals surface area contributed by atoms with Crippen LogP contribution in [-0.2, 0) is 0 Å². The smallest absolute Gasteiger partial charge is 0.0212 e. The van der Waals surface area contributed by atoms with Gasteiger partial charge >= 0.3 is 0 Å². The van der Waals surface area contributed by atoms with E-state index in [2.05, 4.69) is 11.8 Å². The normalized spacial score (nSPS) is 11.9. The first kappa shape index (κ1) is 9.48. The summed E-state index contributed by atoms with van der Waals surface area (Å²) in [5, 5.41) is 0. The van der Waals surface area contributed by atoms with Gasteiger partial charge in [-0.1, -0.05) is 0 Å². The first-order valence-corrected chi connectivity index (χ1v) is 3.68. The zero-order chi connectivity index (χ0) is 7.82. The van der Waals surface area contributed by atoms with Crippen molar-refractivity contribution in [3.8, 4) is 11.8 Å². The maximum atomic E-state index is 5.51. The lowest BCUT2D eigenvalue weighted by molar-refractivity contribution is 0.683. The average Bonchev–Trinajstić information content (AvgIpc) is 1.87. The van der Waals surface area contributed by atoms with E-state index in [0.717, 1.165) is 19.3 Å². The second-order valence-electron chi connectivity index (χ2n) is 2.41. The van der Waals surface area contributed by atoms with E-state index in [0.29, 0.717) is 6.54 Å². The first-order chi connectivity index (χ1) is 4.77. The minimum Gasteiger partial charge on any atom is -0.330 e. The van der Waals surface area contributed by atoms with Crippen molar-refractivity contribution < 1.29 is 0 Å². The predicted octanol–water partition coefficient (Wildman–Crippen LogP) is 0.466. The lowest BCUT2D eigenvalue weighted by Gasteiger charge is -1.97. The van der Waals surface area contributed by atoms with E-state index in [-0.39, 0.29) is 6.04 Å². The maximum absolute atomic E-state index is 5.51. The third kappa shape index (κ3) is 7.48. The summed E-state index contributed by atoms with van der Waals surface area (Å²) < 4.78 is 0. The minimum atomic E-state index is 0.271. The highest BCUT2D eigenvalue weighted by molar-refractivity contribution is 4.99. The number of hydrogen-bond donors (Lipinski definition) is 2. The second-order valence-corrected chi connectivity index (χ2v) is 2.41. The van der Waals surface area contributed by atoms with Gasteiger partial charge in [-0.25, -0.2) is 0 Å². The molecule has 0 rings (SSSR count). The van der Waals surface area contributed by atoms with Crippen LogP contribution < -0.4 is 11.5 Å². The number of nitrogens with two attached hydrogens (primary N) is 2. The van der Waals surface area contributed by atoms with Gasteiger partial charge in [-0.3, -0.25) is 0 Å². The van der Waals surface area contributed by atoms with Crippen LogP contribution in [0.1, 0.15) is 26.2 Å². The molecule has 0 aromatic heterocycles. The van der Waals surface area contributed by atoms with Gasteiger partial charge in [0.1, 0.15) is 0 Å². The summed E-state index contributed by atoms with van der Waals surface area (Å²) in [7, 11) is 0. The molecule has 0 saturated heterocycles. The molecule has 0 spiro atoms. The minimum absolute atomic E-state index is 0.271. The molecular weight excluding hydrogens is 124 g/mol. The SMILES string of the molecule is C[C@@H](N)CCC#CCCN. The standard InChI is InChI=1S/C8H16N2/c1-8(10)6-4-2-3-5-7-9/h8H,4-7,9-10H2,1H3/t8-/m1/s1. The highest BCUT2D eigenvalue weighted by Gasteiger charge is 1.88. The van der Waals surface area contributed by atoms with Crippen LogP contribution in [0.2, 0.25) is 0 Å². The maximum Gasteiger partial charge on any atom is 0.0212 e. The largest absolute Gasteiger partial charge is 0.330 e. The van der Waals surface area contributed by atoms with Crippen LogP contribution >= 0.6 is 0 Å². The summed E-state index contributed by atoms with van der Waals surface area (Å²) in [5.41, 5.74) is 10.8. The molecule has 0 aromatic carbocycles. The second kappa shape index (κ2) is 6.60. The van der Waals surface area contributed by atoms with Gasteiger partial charge in [-0.15, -0.1) is 11.8 Å². The summed E-state index contributed by atoms with van der Waals surface area (Å²) in [4.78, 5) is 0. The third-order valence-corrected chi connectivity index (χ3v) is 1.12. The molecule has 0 unspecified atom stereocenters. The molecule has 58 valence electrons. The van der Waals surface area contributed by atoms with Crippen molar-refractivity contribution in [1.82, 2.24) is 0 Å². The lowest BCUT2D eigenvalue weighted by atomic mass is 10.2. The third-order valence-electron chi connectivity index (χ3n) is 1.12. The Bertz CT molecular complexity index is 119. The van der Waals surface area contributed by atoms with Gasteiger partial charge in [-0.2, -0.15) is 0 Å². The van der Waals surface area contributed by atoms with Crippen LogP contribution in [0.15, 0.2) is 0 Å². The lowest BCUT2D eigenvalue weighted by Crippen LogP contribution is -2.13. The summed E-state index contributed by atoms with van der Waals surface area (Å²) in [6, 6.07) is 0.271. The number of rotatable bonds is 3. The molecule has 0 fully saturated rings. The highest BCUT2D eigenvalue weighted by atomic mass is 14.6. The van der Waals surface area contributed by atoms with Crippen LogP contribution in [0, 0.1) is 11.8 Å². The molecule has 0 bridgehead atoms. The summed E-state index contributed by atoms with van der Waals surface area (Å²) >= 11 is 0. The quantitative estimate of drug-likeness (QED) is 0.560. The Morgan fingerprint density at radius 3 is 2.40 bits per heavy atom. The van der Waals surface area contributed by atoms with Crippen molar-refractivity contribution in [2.45, 2.75) is 32.2 Å². The van der Waals surface area contributed by atoms with E-state index in [4.69, 9.17) is 11.5 Å². The molecule has 1 atom stereocenters. The molecular formula is C8H16N2. The van der Waals surface area contributed by atoms with Crippen molar-refractivity contribution in [2.75, 3.05) is 6.54 Å². The van der Waals surface area contributed by atoms with Crippen LogP contribution in [-0.4, -0.2) is 12.6 Å². The molecule has 2 nitrogen and oxygen atoms in total. The van der Waals surface area contributed by atoms with Crippen LogP contribution in [0.25, 0.3) is 0 Å². The fourth-order valence-electron chi connectivity index (χ4n) is 0.549. The van der Waals surface area contributed by atoms with E-state index < -0.39 is 0 Å². The zero-order valence-electron chi connectivity index (χ0n) is 6.56. The molecule has 0 radical (unpaired) electrons. The van der Waals surface area contributed by atoms with E-state index in [9.17, 15) is 0 Å². The molecule has 0 aliphatic carbocycles. The van der Waals surface area contributed by atoms with Crippen molar-refractivity contribution in [1.29, 1.82) is 0 Å². The fourth-order valence-corrected chi connectivity index (χ4v) is 0.549. The van der Waals surface area contributed by atoms with Crippen LogP contribution in [0.3, 0.4) is 0 Å². The van der Waals surface area contributed by atoms with E-state index in [1.165, 1.54) is 0 Å². The molecule has 0 saturated carbocycles. The molecule has 4 N–H and O–H groups in total. The Morgan fingerprint density at radius 1 is 1.30 bits per heavy atom. The van der Waals surface area contributed by atoms with Crippen LogP contribution in [0.4, 0.5) is 0 Å². The van der Waals surface area contributed by atoms with Crippen molar-refractivity contribution >= 4 is 0 Å². The molecule has 0 heterocycles. The fraction of sp³-hybridized carbons (Fsp3) is 0.750. The van der Waals surface area contributed by atoms with Gasteiger partial charge in [0, 0.05) is 25.4 Å². The van der Waals surface area contributed by atoms with Gasteiger partial charge in [0.15, 0.2) is 0 Å². The van der Waals surface area contributed by atoms with Crippen LogP contribution in [0.5, 0.6) is 0 Å². The molecule has 2 heteroatoms. The molecule has 10 heavy (non-hydrogen) atoms. The van der Waals surface area contributed by atoms with Gasteiger partial charge in [-0.05, 0) is 13.3 Å². The van der Waals surface area contributed by atoms with E-state index in [1.54, 1.807) is 0 Å². The van der Waals surface area contributed by atoms with Crippen molar-refractivity contribution in [3.05, 3.63) is 0 Å². The van der Waals surface area contributed by atoms with Gasteiger partial charge in [0.25, 0.3) is 0 Å². The monoisotopic (exact) mass is 140 g/mol. The van der Waals surface area contributed by atoms with Gasteiger partial charge < -0.3 is 11.5 Å². The Morgan fingerprint density at radius 2 is 1.90 bits per heavy atom. The average molecular weight is 140 g/mol. The first-order valence-electron chi connectivity index (χ1n) is 3.68. The Hall–Kier alpha value is -0.520. The molecule has 0 aliphatic heterocycles. The van der Waals surface area contributed by atoms with Crippen molar-refractivity contribution in [2.24, 2.45) is 11.5 Å². The summed E-state index contributed by atoms with van der Waals surface area (Å²) in [5.74, 6) is 5.97. The summed E-state index contributed by atoms with van der Waals surface area (Å²) in [6.07, 6.45) is 2.69. The molecule has 0 amide bonds. The Labute approximate surface area is 63.0 Å². The van der Waals surface area contributed by atoms with Gasteiger partial charge in [0.05, 0.1) is 0 Å². The van der Waals surface area contributed by atoms with Crippen molar-refractivity contribution in [3.63, 3.8) is 0 Å². The Kier molecular flexibility index (Phi) is 6.25. The topological polar surface area (TPSA) is 52.0 Å². The Balaban J connectivity index is 3.12. The predicted molar refractivity (Wildman–Crippen MR) is 44.3 cm³/mol. The van der Waals surface area contributed by atoms with E-state index >= 15 is 0 Å². The molecule has 0 aliphatic rings. The molecule has 0 aromatic rings. The number of hydrogen-bond acceptors (Lipinski definition) is 2. The van der Waals surface area contributed by atoms with E-state index in [1.807, 2.05) is 6.92 Å².